The highest BCUT2D eigenvalue weighted by Gasteiger charge is 2.22. The van der Waals surface area contributed by atoms with Crippen molar-refractivity contribution in [3.8, 4) is 5.95 Å². The van der Waals surface area contributed by atoms with Gasteiger partial charge in [-0.1, -0.05) is 19.8 Å². The van der Waals surface area contributed by atoms with E-state index in [-0.39, 0.29) is 12.3 Å². The molecule has 0 aromatic carbocycles. The number of nitrogens with zero attached hydrogens (tertiary/aromatic N) is 4. The molecule has 0 aliphatic carbocycles. The summed E-state index contributed by atoms with van der Waals surface area (Å²) >= 11 is 0. The Kier molecular flexibility index (Phi) is 6.65. The lowest BCUT2D eigenvalue weighted by Crippen LogP contribution is -2.41. The first kappa shape index (κ1) is 20.5. The van der Waals surface area contributed by atoms with E-state index in [4.69, 9.17) is 0 Å². The van der Waals surface area contributed by atoms with Crippen molar-refractivity contribution in [1.82, 2.24) is 25.1 Å². The Morgan fingerprint density at radius 1 is 1.19 bits per heavy atom. The van der Waals surface area contributed by atoms with Gasteiger partial charge in [0.2, 0.25) is 5.91 Å². The van der Waals surface area contributed by atoms with Crippen LogP contribution < -0.4 is 5.32 Å². The second kappa shape index (κ2) is 8.75. The molecule has 2 aromatic rings. The maximum Gasteiger partial charge on any atom is 0.326 e. The summed E-state index contributed by atoms with van der Waals surface area (Å²) in [6.07, 6.45) is 2.11. The minimum atomic E-state index is -1.01. The van der Waals surface area contributed by atoms with Crippen LogP contribution in [0.5, 0.6) is 0 Å². The number of amides is 1. The highest BCUT2D eigenvalue weighted by atomic mass is 16.4. The van der Waals surface area contributed by atoms with Gasteiger partial charge in [0, 0.05) is 22.6 Å². The summed E-state index contributed by atoms with van der Waals surface area (Å²) in [5, 5.41) is 16.4. The Labute approximate surface area is 159 Å². The molecule has 0 radical (unpaired) electrons. The summed E-state index contributed by atoms with van der Waals surface area (Å²) in [4.78, 5) is 32.6. The van der Waals surface area contributed by atoms with Gasteiger partial charge in [0.1, 0.15) is 6.04 Å². The fourth-order valence-corrected chi connectivity index (χ4v) is 3.00. The number of nitrogens with one attached hydrogen (secondary N) is 1. The molecule has 0 aliphatic heterocycles. The number of aryl methyl sites for hydroxylation is 3. The monoisotopic (exact) mass is 373 g/mol. The Hall–Kier alpha value is -2.77. The molecule has 0 bridgehead atoms. The van der Waals surface area contributed by atoms with Gasteiger partial charge in [-0.15, -0.1) is 0 Å². The molecular weight excluding hydrogens is 346 g/mol. The first-order valence-electron chi connectivity index (χ1n) is 9.12. The molecule has 8 nitrogen and oxygen atoms in total. The van der Waals surface area contributed by atoms with Crippen molar-refractivity contribution in [3.63, 3.8) is 0 Å². The third kappa shape index (κ3) is 5.12. The van der Waals surface area contributed by atoms with E-state index in [2.05, 4.69) is 20.4 Å². The van der Waals surface area contributed by atoms with E-state index >= 15 is 0 Å². The summed E-state index contributed by atoms with van der Waals surface area (Å²) in [6, 6.07) is 1.02. The minimum absolute atomic E-state index is 0.0678. The predicted molar refractivity (Wildman–Crippen MR) is 101 cm³/mol. The zero-order valence-electron chi connectivity index (χ0n) is 16.5. The van der Waals surface area contributed by atoms with Crippen molar-refractivity contribution in [3.05, 3.63) is 34.4 Å². The first-order chi connectivity index (χ1) is 12.7. The molecule has 2 rings (SSSR count). The van der Waals surface area contributed by atoms with Gasteiger partial charge in [0.25, 0.3) is 5.95 Å². The number of carboxylic acid groups (broad SMARTS) is 1. The second-order valence-corrected chi connectivity index (χ2v) is 6.79. The average Bonchev–Trinajstić information content (AvgIpc) is 2.85. The molecule has 0 saturated heterocycles. The Balaban J connectivity index is 2.21. The first-order valence-corrected chi connectivity index (χ1v) is 9.12. The second-order valence-electron chi connectivity index (χ2n) is 6.79. The van der Waals surface area contributed by atoms with Crippen LogP contribution in [0.3, 0.4) is 0 Å². The molecule has 0 fully saturated rings. The molecule has 0 aliphatic rings. The van der Waals surface area contributed by atoms with Gasteiger partial charge in [0.05, 0.1) is 12.1 Å². The fraction of sp³-hybridized carbons (Fsp3) is 0.526. The van der Waals surface area contributed by atoms with Crippen LogP contribution in [0.4, 0.5) is 0 Å². The van der Waals surface area contributed by atoms with Gasteiger partial charge in [-0.2, -0.15) is 5.10 Å². The molecular formula is C19H27N5O3. The number of aromatic nitrogens is 4. The summed E-state index contributed by atoms with van der Waals surface area (Å²) in [7, 11) is 0. The van der Waals surface area contributed by atoms with E-state index < -0.39 is 12.0 Å². The molecule has 1 unspecified atom stereocenters. The quantitative estimate of drug-likeness (QED) is 0.734. The number of carboxylic acids is 1. The molecule has 8 heteroatoms. The zero-order valence-corrected chi connectivity index (χ0v) is 16.5. The minimum Gasteiger partial charge on any atom is -0.480 e. The lowest BCUT2D eigenvalue weighted by molar-refractivity contribution is -0.142. The maximum absolute atomic E-state index is 12.4. The topological polar surface area (TPSA) is 110 Å². The van der Waals surface area contributed by atoms with Crippen LogP contribution >= 0.6 is 0 Å². The van der Waals surface area contributed by atoms with Crippen molar-refractivity contribution in [2.75, 3.05) is 0 Å². The van der Waals surface area contributed by atoms with E-state index in [1.165, 1.54) is 0 Å². The molecule has 1 atom stereocenters. The van der Waals surface area contributed by atoms with E-state index in [1.54, 1.807) is 4.68 Å². The van der Waals surface area contributed by atoms with Crippen molar-refractivity contribution < 1.29 is 14.7 Å². The predicted octanol–water partition coefficient (Wildman–Crippen LogP) is 2.20. The number of hydrogen-bond donors (Lipinski definition) is 2. The fourth-order valence-electron chi connectivity index (χ4n) is 3.00. The molecule has 0 saturated carbocycles. The Morgan fingerprint density at radius 3 is 2.37 bits per heavy atom. The van der Waals surface area contributed by atoms with Crippen LogP contribution in [0.2, 0.25) is 0 Å². The van der Waals surface area contributed by atoms with Crippen molar-refractivity contribution >= 4 is 11.9 Å². The SMILES string of the molecule is CCCCC(NC(=O)Cc1c(C)nn(-c2nc(C)cc(C)n2)c1C)C(=O)O. The van der Waals surface area contributed by atoms with E-state index in [0.29, 0.717) is 18.1 Å². The van der Waals surface area contributed by atoms with Crippen LogP contribution in [0.15, 0.2) is 6.07 Å². The van der Waals surface area contributed by atoms with E-state index in [0.717, 1.165) is 35.5 Å². The molecule has 2 heterocycles. The molecule has 146 valence electrons. The van der Waals surface area contributed by atoms with Crippen LogP contribution in [-0.2, 0) is 16.0 Å². The average molecular weight is 373 g/mol. The highest BCUT2D eigenvalue weighted by Crippen LogP contribution is 2.17. The highest BCUT2D eigenvalue weighted by molar-refractivity contribution is 5.85. The number of rotatable bonds is 8. The van der Waals surface area contributed by atoms with Gasteiger partial charge in [-0.25, -0.2) is 19.4 Å². The molecule has 1 amide bonds. The summed E-state index contributed by atoms with van der Waals surface area (Å²) in [5.74, 6) is -0.874. The lowest BCUT2D eigenvalue weighted by atomic mass is 10.1. The smallest absolute Gasteiger partial charge is 0.326 e. The molecule has 2 aromatic heterocycles. The summed E-state index contributed by atoms with van der Waals surface area (Å²) < 4.78 is 1.63. The number of carbonyl (C=O) groups is 2. The molecule has 0 spiro atoms. The van der Waals surface area contributed by atoms with Crippen molar-refractivity contribution in [2.24, 2.45) is 0 Å². The molecule has 2 N–H and O–H groups in total. The largest absolute Gasteiger partial charge is 0.480 e. The van der Waals surface area contributed by atoms with Gasteiger partial charge in [0.15, 0.2) is 0 Å². The van der Waals surface area contributed by atoms with Gasteiger partial charge >= 0.3 is 5.97 Å². The number of carbonyl (C=O) groups excluding carboxylic acids is 1. The summed E-state index contributed by atoms with van der Waals surface area (Å²) in [5.41, 5.74) is 3.91. The van der Waals surface area contributed by atoms with Crippen LogP contribution in [0, 0.1) is 27.7 Å². The van der Waals surface area contributed by atoms with E-state index in [1.807, 2.05) is 40.7 Å². The maximum atomic E-state index is 12.4. The van der Waals surface area contributed by atoms with Crippen LogP contribution in [0.25, 0.3) is 5.95 Å². The van der Waals surface area contributed by atoms with Crippen LogP contribution in [-0.4, -0.2) is 42.8 Å². The lowest BCUT2D eigenvalue weighted by Gasteiger charge is -2.14. The number of hydrogen-bond acceptors (Lipinski definition) is 5. The standard InChI is InChI=1S/C19H27N5O3/c1-6-7-8-16(18(26)27)22-17(25)10-15-13(4)23-24(14(15)5)19-20-11(2)9-12(3)21-19/h9,16H,6-8,10H2,1-5H3,(H,22,25)(H,26,27). The Bertz CT molecular complexity index is 824. The number of unbranched alkanes of at least 4 members (excludes halogenated alkanes) is 1. The summed E-state index contributed by atoms with van der Waals surface area (Å²) in [6.45, 7) is 9.44. The third-order valence-corrected chi connectivity index (χ3v) is 4.42. The van der Waals surface area contributed by atoms with Crippen molar-refractivity contribution in [2.45, 2.75) is 66.3 Å². The van der Waals surface area contributed by atoms with E-state index in [9.17, 15) is 14.7 Å². The van der Waals surface area contributed by atoms with Gasteiger partial charge in [-0.3, -0.25) is 4.79 Å². The normalized spacial score (nSPS) is 12.0. The van der Waals surface area contributed by atoms with Gasteiger partial charge < -0.3 is 10.4 Å². The van der Waals surface area contributed by atoms with Crippen molar-refractivity contribution in [1.29, 1.82) is 0 Å². The van der Waals surface area contributed by atoms with Gasteiger partial charge in [-0.05, 0) is 40.2 Å². The van der Waals surface area contributed by atoms with Crippen LogP contribution in [0.1, 0.15) is 54.5 Å². The third-order valence-electron chi connectivity index (χ3n) is 4.42. The number of aliphatic carboxylic acids is 1. The Morgan fingerprint density at radius 2 is 1.81 bits per heavy atom. The molecule has 27 heavy (non-hydrogen) atoms. The zero-order chi connectivity index (χ0) is 20.1.